The van der Waals surface area contributed by atoms with Crippen molar-refractivity contribution < 1.29 is 5.11 Å². The molecule has 0 bridgehead atoms. The van der Waals surface area contributed by atoms with Gasteiger partial charge in [0.05, 0.1) is 14.8 Å². The smallest absolute Gasteiger partial charge is 0.328 e. The molecule has 3 aromatic rings. The van der Waals surface area contributed by atoms with Crippen molar-refractivity contribution in [3.8, 4) is 0 Å². The van der Waals surface area contributed by atoms with Crippen molar-refractivity contribution in [2.24, 2.45) is 14.1 Å². The molecule has 7 heteroatoms. The number of benzene rings is 1. The zero-order chi connectivity index (χ0) is 15.3. The van der Waals surface area contributed by atoms with E-state index in [2.05, 4.69) is 31.9 Å². The summed E-state index contributed by atoms with van der Waals surface area (Å²) in [7, 11) is 3.47. The first kappa shape index (κ1) is 15.0. The van der Waals surface area contributed by atoms with Crippen molar-refractivity contribution in [2.45, 2.75) is 6.10 Å². The molecule has 0 amide bonds. The van der Waals surface area contributed by atoms with Crippen molar-refractivity contribution in [3.63, 3.8) is 0 Å². The predicted octanol–water partition coefficient (Wildman–Crippen LogP) is 3.55. The molecule has 1 atom stereocenters. The fourth-order valence-corrected chi connectivity index (χ4v) is 4.13. The summed E-state index contributed by atoms with van der Waals surface area (Å²) in [5.41, 5.74) is 3.12. The molecule has 4 nitrogen and oxygen atoms in total. The van der Waals surface area contributed by atoms with Gasteiger partial charge in [0.25, 0.3) is 0 Å². The van der Waals surface area contributed by atoms with Crippen LogP contribution >= 0.6 is 43.2 Å². The number of aromatic nitrogens is 2. The lowest BCUT2D eigenvalue weighted by molar-refractivity contribution is 0.220. The maximum atomic E-state index is 12.0. The zero-order valence-electron chi connectivity index (χ0n) is 11.3. The van der Waals surface area contributed by atoms with Crippen LogP contribution in [0, 0.1) is 0 Å². The number of thiophene rings is 1. The fourth-order valence-electron chi connectivity index (χ4n) is 2.39. The molecule has 0 aliphatic heterocycles. The quantitative estimate of drug-likeness (QED) is 0.674. The van der Waals surface area contributed by atoms with E-state index in [1.54, 1.807) is 23.2 Å². The third-order valence-corrected chi connectivity index (χ3v) is 5.80. The van der Waals surface area contributed by atoms with E-state index in [1.165, 1.54) is 11.3 Å². The Bertz CT molecular complexity index is 894. The Morgan fingerprint density at radius 1 is 1.14 bits per heavy atom. The molecular weight excluding hydrogens is 420 g/mol. The van der Waals surface area contributed by atoms with E-state index in [0.29, 0.717) is 0 Å². The zero-order valence-corrected chi connectivity index (χ0v) is 15.3. The summed E-state index contributed by atoms with van der Waals surface area (Å²) in [4.78, 5) is 12.0. The van der Waals surface area contributed by atoms with E-state index in [0.717, 1.165) is 30.4 Å². The number of aliphatic hydroxyl groups excluding tert-OH is 1. The number of fused-ring (bicyclic) bond motifs is 1. The summed E-state index contributed by atoms with van der Waals surface area (Å²) in [6.07, 6.45) is -0.735. The molecule has 1 aromatic carbocycles. The van der Waals surface area contributed by atoms with Crippen molar-refractivity contribution in [1.29, 1.82) is 0 Å². The summed E-state index contributed by atoms with van der Waals surface area (Å²) < 4.78 is 4.94. The predicted molar refractivity (Wildman–Crippen MR) is 91.9 cm³/mol. The minimum atomic E-state index is -0.735. The topological polar surface area (TPSA) is 47.2 Å². The number of nitrogens with zero attached hydrogens (tertiary/aromatic N) is 2. The first-order chi connectivity index (χ1) is 9.90. The van der Waals surface area contributed by atoms with Gasteiger partial charge in [0.2, 0.25) is 0 Å². The molecule has 110 valence electrons. The molecule has 0 aliphatic carbocycles. The molecule has 21 heavy (non-hydrogen) atoms. The van der Waals surface area contributed by atoms with E-state index >= 15 is 0 Å². The molecule has 0 saturated heterocycles. The Balaban J connectivity index is 2.21. The van der Waals surface area contributed by atoms with Crippen molar-refractivity contribution in [3.05, 3.63) is 53.4 Å². The number of hydrogen-bond donors (Lipinski definition) is 1. The average Bonchev–Trinajstić information content (AvgIpc) is 2.97. The molecule has 0 spiro atoms. The van der Waals surface area contributed by atoms with E-state index in [4.69, 9.17) is 0 Å². The number of imidazole rings is 1. The van der Waals surface area contributed by atoms with Gasteiger partial charge in [-0.1, -0.05) is 15.9 Å². The Morgan fingerprint density at radius 2 is 1.76 bits per heavy atom. The van der Waals surface area contributed by atoms with Crippen molar-refractivity contribution in [1.82, 2.24) is 9.13 Å². The Morgan fingerprint density at radius 3 is 2.33 bits per heavy atom. The van der Waals surface area contributed by atoms with Crippen LogP contribution in [0.1, 0.15) is 17.2 Å². The molecule has 2 heterocycles. The summed E-state index contributed by atoms with van der Waals surface area (Å²) >= 11 is 8.43. The number of aryl methyl sites for hydroxylation is 2. The lowest BCUT2D eigenvalue weighted by atomic mass is 10.0. The maximum absolute atomic E-state index is 12.0. The highest BCUT2D eigenvalue weighted by Crippen LogP contribution is 2.34. The Labute approximate surface area is 141 Å². The van der Waals surface area contributed by atoms with Crippen molar-refractivity contribution >= 4 is 54.2 Å². The second kappa shape index (κ2) is 5.39. The number of rotatable bonds is 2. The highest BCUT2D eigenvalue weighted by Gasteiger charge is 2.18. The van der Waals surface area contributed by atoms with E-state index in [-0.39, 0.29) is 5.69 Å². The lowest BCUT2D eigenvalue weighted by Gasteiger charge is -2.12. The highest BCUT2D eigenvalue weighted by molar-refractivity contribution is 9.11. The van der Waals surface area contributed by atoms with Crippen LogP contribution in [-0.2, 0) is 14.1 Å². The molecule has 0 fully saturated rings. The van der Waals surface area contributed by atoms with Crippen LogP contribution in [0.3, 0.4) is 0 Å². The van der Waals surface area contributed by atoms with Gasteiger partial charge >= 0.3 is 5.69 Å². The lowest BCUT2D eigenvalue weighted by Crippen LogP contribution is -2.19. The van der Waals surface area contributed by atoms with Crippen LogP contribution < -0.4 is 5.69 Å². The first-order valence-corrected chi connectivity index (χ1v) is 8.63. The van der Waals surface area contributed by atoms with Crippen LogP contribution in [0.5, 0.6) is 0 Å². The molecular formula is C14H12Br2N2O2S. The second-order valence-electron chi connectivity index (χ2n) is 4.85. The summed E-state index contributed by atoms with van der Waals surface area (Å²) in [5, 5.41) is 12.5. The normalized spacial score (nSPS) is 13.0. The van der Waals surface area contributed by atoms with Crippen LogP contribution in [0.25, 0.3) is 11.0 Å². The van der Waals surface area contributed by atoms with Crippen molar-refractivity contribution in [2.75, 3.05) is 0 Å². The monoisotopic (exact) mass is 430 g/mol. The largest absolute Gasteiger partial charge is 0.384 e. The SMILES string of the molecule is Cn1c(=O)n(C)c2cc(C(O)c3csc(Br)c3)c(Br)cc21. The molecule has 0 radical (unpaired) electrons. The summed E-state index contributed by atoms with van der Waals surface area (Å²) in [6, 6.07) is 5.63. The van der Waals surface area contributed by atoms with Gasteiger partial charge in [-0.05, 0) is 45.1 Å². The van der Waals surface area contributed by atoms with Gasteiger partial charge in [0.1, 0.15) is 6.10 Å². The van der Waals surface area contributed by atoms with Crippen LogP contribution in [0.4, 0.5) is 0 Å². The number of hydrogen-bond acceptors (Lipinski definition) is 3. The van der Waals surface area contributed by atoms with E-state index in [1.807, 2.05) is 23.6 Å². The van der Waals surface area contributed by atoms with Gasteiger partial charge in [0.15, 0.2) is 0 Å². The minimum Gasteiger partial charge on any atom is -0.384 e. The summed E-state index contributed by atoms with van der Waals surface area (Å²) in [5.74, 6) is 0. The van der Waals surface area contributed by atoms with Gasteiger partial charge in [-0.2, -0.15) is 0 Å². The average molecular weight is 432 g/mol. The molecule has 1 unspecified atom stereocenters. The summed E-state index contributed by atoms with van der Waals surface area (Å²) in [6.45, 7) is 0. The molecule has 1 N–H and O–H groups in total. The van der Waals surface area contributed by atoms with E-state index < -0.39 is 6.10 Å². The number of aliphatic hydroxyl groups is 1. The third-order valence-electron chi connectivity index (χ3n) is 3.59. The second-order valence-corrected chi connectivity index (χ2v) is 7.99. The molecule has 2 aromatic heterocycles. The van der Waals surface area contributed by atoms with Gasteiger partial charge in [-0.3, -0.25) is 9.13 Å². The van der Waals surface area contributed by atoms with Gasteiger partial charge in [0, 0.05) is 24.1 Å². The minimum absolute atomic E-state index is 0.0817. The van der Waals surface area contributed by atoms with Gasteiger partial charge in [-0.25, -0.2) is 4.79 Å². The Kier molecular flexibility index (Phi) is 3.85. The van der Waals surface area contributed by atoms with Gasteiger partial charge < -0.3 is 5.11 Å². The maximum Gasteiger partial charge on any atom is 0.328 e. The fraction of sp³-hybridized carbons (Fsp3) is 0.214. The molecule has 0 saturated carbocycles. The van der Waals surface area contributed by atoms with E-state index in [9.17, 15) is 9.90 Å². The Hall–Kier alpha value is -0.890. The third kappa shape index (κ3) is 2.42. The highest BCUT2D eigenvalue weighted by atomic mass is 79.9. The number of halogens is 2. The first-order valence-electron chi connectivity index (χ1n) is 6.17. The molecule has 0 aliphatic rings. The van der Waals surface area contributed by atoms with Crippen LogP contribution in [0.15, 0.2) is 36.6 Å². The van der Waals surface area contributed by atoms with Crippen LogP contribution in [-0.4, -0.2) is 14.2 Å². The molecule has 3 rings (SSSR count). The standard InChI is InChI=1S/C14H12Br2N2O2S/c1-17-10-4-8(13(19)7-3-12(16)21-6-7)9(15)5-11(10)18(2)14(17)20/h3-6,13,19H,1-2H3. The van der Waals surface area contributed by atoms with Crippen LogP contribution in [0.2, 0.25) is 0 Å². The van der Waals surface area contributed by atoms with Gasteiger partial charge in [-0.15, -0.1) is 11.3 Å².